The summed E-state index contributed by atoms with van der Waals surface area (Å²) in [7, 11) is -2.98. The number of nitrogens with zero attached hydrogens (tertiary/aromatic N) is 2. The molecule has 6 nitrogen and oxygen atoms in total. The number of benzene rings is 1. The van der Waals surface area contributed by atoms with Gasteiger partial charge in [0.15, 0.2) is 9.84 Å². The molecule has 1 N–H and O–H groups in total. The summed E-state index contributed by atoms with van der Waals surface area (Å²) in [5.41, 5.74) is 0.691. The molecular formula is C17H24FN3O3S. The van der Waals surface area contributed by atoms with Crippen molar-refractivity contribution in [3.63, 3.8) is 0 Å². The molecule has 2 aliphatic rings. The van der Waals surface area contributed by atoms with Gasteiger partial charge in [-0.1, -0.05) is 18.2 Å². The average Bonchev–Trinajstić information content (AvgIpc) is 2.90. The molecule has 0 spiro atoms. The van der Waals surface area contributed by atoms with Crippen molar-refractivity contribution in [2.75, 3.05) is 44.2 Å². The lowest BCUT2D eigenvalue weighted by Gasteiger charge is -2.34. The number of rotatable bonds is 5. The molecule has 25 heavy (non-hydrogen) atoms. The summed E-state index contributed by atoms with van der Waals surface area (Å²) in [6.07, 6.45) is 0.504. The Bertz CT molecular complexity index is 718. The van der Waals surface area contributed by atoms with Crippen LogP contribution in [-0.4, -0.2) is 74.4 Å². The van der Waals surface area contributed by atoms with Crippen LogP contribution < -0.4 is 5.32 Å². The van der Waals surface area contributed by atoms with Crippen molar-refractivity contribution < 1.29 is 17.6 Å². The van der Waals surface area contributed by atoms with E-state index in [1.54, 1.807) is 12.1 Å². The molecule has 8 heteroatoms. The summed E-state index contributed by atoms with van der Waals surface area (Å²) >= 11 is 0. The Morgan fingerprint density at radius 2 is 1.84 bits per heavy atom. The summed E-state index contributed by atoms with van der Waals surface area (Å²) in [6.45, 7) is 3.89. The zero-order valence-electron chi connectivity index (χ0n) is 14.2. The number of nitrogens with one attached hydrogen (secondary N) is 1. The topological polar surface area (TPSA) is 69.7 Å². The molecule has 0 saturated carbocycles. The molecule has 1 aromatic rings. The van der Waals surface area contributed by atoms with Crippen molar-refractivity contribution in [1.29, 1.82) is 0 Å². The van der Waals surface area contributed by atoms with E-state index in [1.165, 1.54) is 6.07 Å². The van der Waals surface area contributed by atoms with E-state index < -0.39 is 9.84 Å². The van der Waals surface area contributed by atoms with Crippen molar-refractivity contribution in [1.82, 2.24) is 15.1 Å². The Kier molecular flexibility index (Phi) is 5.71. The first kappa shape index (κ1) is 18.3. The van der Waals surface area contributed by atoms with Gasteiger partial charge in [-0.25, -0.2) is 12.8 Å². The number of amides is 1. The van der Waals surface area contributed by atoms with E-state index in [0.717, 1.165) is 26.2 Å². The van der Waals surface area contributed by atoms with E-state index >= 15 is 0 Å². The number of hydrogen-bond donors (Lipinski definition) is 1. The van der Waals surface area contributed by atoms with E-state index in [2.05, 4.69) is 15.1 Å². The minimum atomic E-state index is -2.98. The smallest absolute Gasteiger partial charge is 0.234 e. The first-order valence-electron chi connectivity index (χ1n) is 8.59. The van der Waals surface area contributed by atoms with Gasteiger partial charge in [0.1, 0.15) is 5.82 Å². The Hall–Kier alpha value is -1.51. The molecule has 138 valence electrons. The number of carbonyl (C=O) groups excluding carboxylic acids is 1. The fraction of sp³-hybridized carbons (Fsp3) is 0.588. The van der Waals surface area contributed by atoms with Crippen molar-refractivity contribution in [2.45, 2.75) is 19.0 Å². The zero-order valence-corrected chi connectivity index (χ0v) is 15.0. The van der Waals surface area contributed by atoms with Gasteiger partial charge in [0, 0.05) is 44.3 Å². The molecule has 2 heterocycles. The molecule has 0 aliphatic carbocycles. The molecule has 2 aliphatic heterocycles. The van der Waals surface area contributed by atoms with Crippen molar-refractivity contribution >= 4 is 15.7 Å². The molecule has 0 bridgehead atoms. The lowest BCUT2D eigenvalue weighted by Crippen LogP contribution is -2.50. The van der Waals surface area contributed by atoms with Crippen LogP contribution in [-0.2, 0) is 21.2 Å². The van der Waals surface area contributed by atoms with Crippen molar-refractivity contribution in [2.24, 2.45) is 0 Å². The first-order chi connectivity index (χ1) is 11.9. The van der Waals surface area contributed by atoms with Gasteiger partial charge < -0.3 is 5.32 Å². The van der Waals surface area contributed by atoms with Crippen LogP contribution >= 0.6 is 0 Å². The maximum absolute atomic E-state index is 13.7. The van der Waals surface area contributed by atoms with Gasteiger partial charge in [-0.3, -0.25) is 14.6 Å². The maximum atomic E-state index is 13.7. The third kappa shape index (κ3) is 5.23. The van der Waals surface area contributed by atoms with Crippen LogP contribution in [0.5, 0.6) is 0 Å². The predicted molar refractivity (Wildman–Crippen MR) is 93.3 cm³/mol. The lowest BCUT2D eigenvalue weighted by molar-refractivity contribution is -0.123. The molecule has 0 unspecified atom stereocenters. The van der Waals surface area contributed by atoms with Crippen LogP contribution in [0.15, 0.2) is 24.3 Å². The fourth-order valence-electron chi connectivity index (χ4n) is 3.36. The second-order valence-corrected chi connectivity index (χ2v) is 9.04. The van der Waals surface area contributed by atoms with Crippen LogP contribution in [0, 0.1) is 5.82 Å². The summed E-state index contributed by atoms with van der Waals surface area (Å²) in [6, 6.07) is 6.54. The Morgan fingerprint density at radius 1 is 1.16 bits per heavy atom. The van der Waals surface area contributed by atoms with Gasteiger partial charge in [-0.05, 0) is 12.5 Å². The van der Waals surface area contributed by atoms with Gasteiger partial charge in [-0.2, -0.15) is 0 Å². The van der Waals surface area contributed by atoms with Crippen LogP contribution in [0.3, 0.4) is 0 Å². The minimum absolute atomic E-state index is 0.0508. The Morgan fingerprint density at radius 3 is 2.48 bits per heavy atom. The number of hydrogen-bond acceptors (Lipinski definition) is 5. The highest BCUT2D eigenvalue weighted by Gasteiger charge is 2.29. The van der Waals surface area contributed by atoms with Crippen molar-refractivity contribution in [3.8, 4) is 0 Å². The van der Waals surface area contributed by atoms with Gasteiger partial charge >= 0.3 is 0 Å². The zero-order chi connectivity index (χ0) is 17.9. The minimum Gasteiger partial charge on any atom is -0.351 e. The molecule has 0 radical (unpaired) electrons. The van der Waals surface area contributed by atoms with Crippen LogP contribution in [0.4, 0.5) is 4.39 Å². The molecule has 1 atom stereocenters. The lowest BCUT2D eigenvalue weighted by atomic mass is 10.2. The van der Waals surface area contributed by atoms with Gasteiger partial charge in [0.2, 0.25) is 5.91 Å². The molecule has 2 saturated heterocycles. The molecule has 3 rings (SSSR count). The molecular weight excluding hydrogens is 345 g/mol. The number of halogens is 1. The third-order valence-electron chi connectivity index (χ3n) is 4.78. The number of carbonyl (C=O) groups is 1. The van der Waals surface area contributed by atoms with E-state index in [0.29, 0.717) is 18.5 Å². The fourth-order valence-corrected chi connectivity index (χ4v) is 5.03. The highest BCUT2D eigenvalue weighted by molar-refractivity contribution is 7.91. The SMILES string of the molecule is O=C(CN1CCN(Cc2ccccc2F)CC1)N[C@@H]1CCS(=O)(=O)C1. The predicted octanol–water partition coefficient (Wildman–Crippen LogP) is 0.247. The highest BCUT2D eigenvalue weighted by Crippen LogP contribution is 2.13. The highest BCUT2D eigenvalue weighted by atomic mass is 32.2. The average molecular weight is 369 g/mol. The molecule has 2 fully saturated rings. The van der Waals surface area contributed by atoms with E-state index in [9.17, 15) is 17.6 Å². The van der Waals surface area contributed by atoms with Crippen LogP contribution in [0.25, 0.3) is 0 Å². The van der Waals surface area contributed by atoms with Gasteiger partial charge in [0.25, 0.3) is 0 Å². The summed E-state index contributed by atoms with van der Waals surface area (Å²) in [4.78, 5) is 16.3. The Labute approximate surface area is 147 Å². The van der Waals surface area contributed by atoms with Crippen LogP contribution in [0.1, 0.15) is 12.0 Å². The van der Waals surface area contributed by atoms with E-state index in [-0.39, 0.29) is 35.8 Å². The second kappa shape index (κ2) is 7.80. The molecule has 1 aromatic carbocycles. The number of piperazine rings is 1. The van der Waals surface area contributed by atoms with E-state index in [4.69, 9.17) is 0 Å². The number of sulfone groups is 1. The monoisotopic (exact) mass is 369 g/mol. The van der Waals surface area contributed by atoms with E-state index in [1.807, 2.05) is 6.07 Å². The molecule has 1 amide bonds. The van der Waals surface area contributed by atoms with Crippen LogP contribution in [0.2, 0.25) is 0 Å². The first-order valence-corrected chi connectivity index (χ1v) is 10.4. The summed E-state index contributed by atoms with van der Waals surface area (Å²) in [5, 5.41) is 2.82. The summed E-state index contributed by atoms with van der Waals surface area (Å²) < 4.78 is 36.6. The summed E-state index contributed by atoms with van der Waals surface area (Å²) in [5.74, 6) is -0.0950. The quantitative estimate of drug-likeness (QED) is 0.806. The second-order valence-electron chi connectivity index (χ2n) is 6.81. The van der Waals surface area contributed by atoms with Crippen molar-refractivity contribution in [3.05, 3.63) is 35.6 Å². The molecule has 0 aromatic heterocycles. The Balaban J connectivity index is 1.40. The standard InChI is InChI=1S/C17H24FN3O3S/c18-16-4-2-1-3-14(16)11-20-6-8-21(9-7-20)12-17(22)19-15-5-10-25(23,24)13-15/h1-4,15H,5-13H2,(H,19,22)/t15-/m1/s1. The van der Waals surface area contributed by atoms with Gasteiger partial charge in [0.05, 0.1) is 18.1 Å². The largest absolute Gasteiger partial charge is 0.351 e. The normalized spacial score (nSPS) is 24.3. The maximum Gasteiger partial charge on any atom is 0.234 e. The third-order valence-corrected chi connectivity index (χ3v) is 6.55. The van der Waals surface area contributed by atoms with Gasteiger partial charge in [-0.15, -0.1) is 0 Å².